The van der Waals surface area contributed by atoms with E-state index in [9.17, 15) is 4.39 Å². The molecule has 3 heteroatoms. The Kier molecular flexibility index (Phi) is 3.52. The minimum Gasteiger partial charge on any atom is -0.487 e. The molecule has 1 heterocycles. The Morgan fingerprint density at radius 1 is 1.24 bits per heavy atom. The summed E-state index contributed by atoms with van der Waals surface area (Å²) in [4.78, 5) is 0. The van der Waals surface area contributed by atoms with E-state index in [0.717, 1.165) is 30.7 Å². The van der Waals surface area contributed by atoms with E-state index in [-0.39, 0.29) is 17.5 Å². The zero-order valence-electron chi connectivity index (χ0n) is 13.3. The molecule has 2 nitrogen and oxygen atoms in total. The average Bonchev–Trinajstić information content (AvgIpc) is 2.37. The molecule has 0 aromatic heterocycles. The maximum atomic E-state index is 13.5. The number of fused-ring (bicyclic) bond motifs is 1. The van der Waals surface area contributed by atoms with Crippen LogP contribution in [-0.4, -0.2) is 5.60 Å². The van der Waals surface area contributed by atoms with E-state index in [1.807, 2.05) is 0 Å². The lowest BCUT2D eigenvalue weighted by Gasteiger charge is -2.47. The smallest absolute Gasteiger partial charge is 0.127 e. The van der Waals surface area contributed by atoms with Gasteiger partial charge in [-0.3, -0.25) is 0 Å². The van der Waals surface area contributed by atoms with Crippen LogP contribution < -0.4 is 10.5 Å². The molecule has 2 N–H and O–H groups in total. The number of hydrogen-bond donors (Lipinski definition) is 1. The Bertz CT molecular complexity index is 527. The normalized spacial score (nSPS) is 32.6. The molecule has 1 fully saturated rings. The molecule has 0 radical (unpaired) electrons. The molecule has 1 aliphatic heterocycles. The van der Waals surface area contributed by atoms with Crippen molar-refractivity contribution >= 4 is 0 Å². The predicted molar refractivity (Wildman–Crippen MR) is 82.7 cm³/mol. The van der Waals surface area contributed by atoms with Crippen LogP contribution >= 0.6 is 0 Å². The van der Waals surface area contributed by atoms with Crippen LogP contribution in [0.2, 0.25) is 0 Å². The van der Waals surface area contributed by atoms with Crippen molar-refractivity contribution in [2.75, 3.05) is 0 Å². The van der Waals surface area contributed by atoms with Crippen molar-refractivity contribution < 1.29 is 9.13 Å². The van der Waals surface area contributed by atoms with Gasteiger partial charge in [0.15, 0.2) is 0 Å². The van der Waals surface area contributed by atoms with Gasteiger partial charge in [0.25, 0.3) is 0 Å². The summed E-state index contributed by atoms with van der Waals surface area (Å²) in [5, 5.41) is 0. The van der Waals surface area contributed by atoms with Gasteiger partial charge in [0.1, 0.15) is 17.2 Å². The SMILES string of the molecule is CC(C)(C)C1CCC2(CC1)CC(N)c1ccc(F)cc1O2. The van der Waals surface area contributed by atoms with Gasteiger partial charge in [0.2, 0.25) is 0 Å². The molecule has 1 aromatic carbocycles. The van der Waals surface area contributed by atoms with Crippen LogP contribution in [0.3, 0.4) is 0 Å². The van der Waals surface area contributed by atoms with E-state index < -0.39 is 0 Å². The second-order valence-corrected chi connectivity index (χ2v) is 7.92. The van der Waals surface area contributed by atoms with Gasteiger partial charge in [-0.25, -0.2) is 4.39 Å². The van der Waals surface area contributed by atoms with E-state index in [1.54, 1.807) is 6.07 Å². The molecule has 0 saturated heterocycles. The standard InChI is InChI=1S/C18H26FNO/c1-17(2,3)12-6-8-18(9-7-12)11-15(20)14-5-4-13(19)10-16(14)21-18/h4-5,10,12,15H,6-9,11,20H2,1-3H3. The van der Waals surface area contributed by atoms with Crippen LogP contribution in [-0.2, 0) is 0 Å². The highest BCUT2D eigenvalue weighted by Gasteiger charge is 2.44. The molecule has 1 aromatic rings. The van der Waals surface area contributed by atoms with E-state index in [1.165, 1.54) is 25.0 Å². The summed E-state index contributed by atoms with van der Waals surface area (Å²) >= 11 is 0. The maximum Gasteiger partial charge on any atom is 0.127 e. The summed E-state index contributed by atoms with van der Waals surface area (Å²) in [5.74, 6) is 1.14. The van der Waals surface area contributed by atoms with Crippen molar-refractivity contribution in [3.63, 3.8) is 0 Å². The lowest BCUT2D eigenvalue weighted by molar-refractivity contribution is -0.0256. The van der Waals surface area contributed by atoms with Crippen molar-refractivity contribution in [3.8, 4) is 5.75 Å². The van der Waals surface area contributed by atoms with Crippen molar-refractivity contribution in [3.05, 3.63) is 29.6 Å². The third-order valence-electron chi connectivity index (χ3n) is 5.42. The van der Waals surface area contributed by atoms with Gasteiger partial charge in [0, 0.05) is 24.1 Å². The van der Waals surface area contributed by atoms with Crippen molar-refractivity contribution in [1.29, 1.82) is 0 Å². The third-order valence-corrected chi connectivity index (χ3v) is 5.42. The van der Waals surface area contributed by atoms with Crippen LogP contribution in [0.1, 0.15) is 64.5 Å². The van der Waals surface area contributed by atoms with Crippen LogP contribution in [0.5, 0.6) is 5.75 Å². The number of ether oxygens (including phenoxy) is 1. The Labute approximate surface area is 126 Å². The molecule has 116 valence electrons. The zero-order valence-corrected chi connectivity index (χ0v) is 13.3. The fourth-order valence-electron chi connectivity index (χ4n) is 4.00. The molecule has 21 heavy (non-hydrogen) atoms. The predicted octanol–water partition coefficient (Wildman–Crippen LogP) is 4.58. The summed E-state index contributed by atoms with van der Waals surface area (Å²) in [6, 6.07) is 4.69. The first-order chi connectivity index (χ1) is 9.79. The second kappa shape index (κ2) is 4.98. The quantitative estimate of drug-likeness (QED) is 0.759. The van der Waals surface area contributed by atoms with Crippen LogP contribution in [0.25, 0.3) is 0 Å². The first-order valence-corrected chi connectivity index (χ1v) is 8.03. The molecule has 1 spiro atoms. The lowest BCUT2D eigenvalue weighted by atomic mass is 9.66. The van der Waals surface area contributed by atoms with Crippen LogP contribution in [0.4, 0.5) is 4.39 Å². The minimum absolute atomic E-state index is 0.0412. The average molecular weight is 291 g/mol. The highest BCUT2D eigenvalue weighted by atomic mass is 19.1. The molecule has 1 saturated carbocycles. The summed E-state index contributed by atoms with van der Waals surface area (Å²) in [6.45, 7) is 6.94. The molecule has 2 aliphatic rings. The summed E-state index contributed by atoms with van der Waals surface area (Å²) in [7, 11) is 0. The second-order valence-electron chi connectivity index (χ2n) is 7.92. The molecule has 3 rings (SSSR count). The highest BCUT2D eigenvalue weighted by molar-refractivity contribution is 5.39. The zero-order chi connectivity index (χ0) is 15.3. The first-order valence-electron chi connectivity index (χ1n) is 8.03. The molecule has 1 atom stereocenters. The monoisotopic (exact) mass is 291 g/mol. The number of benzene rings is 1. The number of nitrogens with two attached hydrogens (primary N) is 1. The fraction of sp³-hybridized carbons (Fsp3) is 0.667. The van der Waals surface area contributed by atoms with Gasteiger partial charge in [-0.15, -0.1) is 0 Å². The van der Waals surface area contributed by atoms with Crippen LogP contribution in [0, 0.1) is 17.2 Å². The summed E-state index contributed by atoms with van der Waals surface area (Å²) in [6.07, 6.45) is 5.24. The first kappa shape index (κ1) is 14.8. The van der Waals surface area contributed by atoms with Gasteiger partial charge in [0.05, 0.1) is 0 Å². The van der Waals surface area contributed by atoms with Crippen molar-refractivity contribution in [2.45, 2.75) is 64.5 Å². The van der Waals surface area contributed by atoms with Gasteiger partial charge in [-0.1, -0.05) is 26.8 Å². The molecular weight excluding hydrogens is 265 g/mol. The van der Waals surface area contributed by atoms with Gasteiger partial charge in [-0.2, -0.15) is 0 Å². The molecule has 1 aliphatic carbocycles. The molecular formula is C18H26FNO. The Hall–Kier alpha value is -1.09. The Morgan fingerprint density at radius 2 is 1.90 bits per heavy atom. The Balaban J connectivity index is 1.80. The Morgan fingerprint density at radius 3 is 2.52 bits per heavy atom. The summed E-state index contributed by atoms with van der Waals surface area (Å²) < 4.78 is 19.7. The van der Waals surface area contributed by atoms with Crippen molar-refractivity contribution in [1.82, 2.24) is 0 Å². The maximum absolute atomic E-state index is 13.5. The molecule has 1 unspecified atom stereocenters. The van der Waals surface area contributed by atoms with Crippen LogP contribution in [0.15, 0.2) is 18.2 Å². The van der Waals surface area contributed by atoms with Gasteiger partial charge >= 0.3 is 0 Å². The van der Waals surface area contributed by atoms with Gasteiger partial charge < -0.3 is 10.5 Å². The van der Waals surface area contributed by atoms with E-state index in [0.29, 0.717) is 11.2 Å². The van der Waals surface area contributed by atoms with E-state index in [2.05, 4.69) is 20.8 Å². The van der Waals surface area contributed by atoms with Gasteiger partial charge in [-0.05, 0) is 43.1 Å². The molecule has 0 bridgehead atoms. The lowest BCUT2D eigenvalue weighted by Crippen LogP contribution is -2.46. The topological polar surface area (TPSA) is 35.2 Å². The number of halogens is 1. The fourth-order valence-corrected chi connectivity index (χ4v) is 4.00. The largest absolute Gasteiger partial charge is 0.487 e. The van der Waals surface area contributed by atoms with E-state index >= 15 is 0 Å². The molecule has 0 amide bonds. The number of hydrogen-bond acceptors (Lipinski definition) is 2. The highest BCUT2D eigenvalue weighted by Crippen LogP contribution is 2.49. The van der Waals surface area contributed by atoms with Crippen molar-refractivity contribution in [2.24, 2.45) is 17.1 Å². The summed E-state index contributed by atoms with van der Waals surface area (Å²) in [5.41, 5.74) is 7.44. The van der Waals surface area contributed by atoms with E-state index in [4.69, 9.17) is 10.5 Å². The minimum atomic E-state index is -0.249. The number of rotatable bonds is 0. The third kappa shape index (κ3) is 2.80.